The minimum absolute atomic E-state index is 0.747. The summed E-state index contributed by atoms with van der Waals surface area (Å²) in [5.41, 5.74) is 3.69. The highest BCUT2D eigenvalue weighted by Gasteiger charge is 2.50. The molecule has 0 unspecified atom stereocenters. The van der Waals surface area contributed by atoms with Gasteiger partial charge in [-0.3, -0.25) is 0 Å². The van der Waals surface area contributed by atoms with E-state index >= 15 is 0 Å². The van der Waals surface area contributed by atoms with Crippen LogP contribution in [0.4, 0.5) is 0 Å². The minimum atomic E-state index is -1.78. The maximum atomic E-state index is 9.72. The predicted molar refractivity (Wildman–Crippen MR) is 50.0 cm³/mol. The third-order valence-corrected chi connectivity index (χ3v) is 2.76. The molecular formula is C8H17NO7. The van der Waals surface area contributed by atoms with Crippen molar-refractivity contribution in [1.29, 1.82) is 0 Å². The van der Waals surface area contributed by atoms with E-state index in [9.17, 15) is 15.3 Å². The lowest BCUT2D eigenvalue weighted by atomic mass is 9.89. The third-order valence-electron chi connectivity index (χ3n) is 2.76. The predicted octanol–water partition coefficient (Wildman–Crippen LogP) is -4.53. The summed E-state index contributed by atoms with van der Waals surface area (Å²) >= 11 is 0. The summed E-state index contributed by atoms with van der Waals surface area (Å²) in [7, 11) is 0. The number of nitrogens with two attached hydrogens (primary N) is 1. The molecule has 1 aliphatic rings. The Bertz CT molecular complexity index is 234. The van der Waals surface area contributed by atoms with Gasteiger partial charge in [-0.2, -0.15) is 0 Å². The van der Waals surface area contributed by atoms with E-state index in [2.05, 4.69) is 0 Å². The molecule has 0 aliphatic carbocycles. The Morgan fingerprint density at radius 3 is 1.94 bits per heavy atom. The second-order valence-electron chi connectivity index (χ2n) is 3.97. The third kappa shape index (κ3) is 2.19. The highest BCUT2D eigenvalue weighted by Crippen LogP contribution is 2.26. The molecule has 1 rings (SSSR count). The molecule has 1 heterocycles. The lowest BCUT2D eigenvalue weighted by Gasteiger charge is -2.34. The molecule has 16 heavy (non-hydrogen) atoms. The zero-order chi connectivity index (χ0) is 12.5. The number of aliphatic hydroxyl groups excluding tert-OH is 6. The van der Waals surface area contributed by atoms with E-state index in [-0.39, 0.29) is 0 Å². The molecule has 0 radical (unpaired) electrons. The van der Waals surface area contributed by atoms with Crippen LogP contribution in [0.5, 0.6) is 0 Å². The first-order chi connectivity index (χ1) is 7.37. The zero-order valence-electron chi connectivity index (χ0n) is 8.47. The molecule has 1 aliphatic heterocycles. The molecule has 0 bridgehead atoms. The molecule has 1 saturated heterocycles. The Morgan fingerprint density at radius 1 is 1.12 bits per heavy atom. The lowest BCUT2D eigenvalue weighted by Crippen LogP contribution is -2.62. The summed E-state index contributed by atoms with van der Waals surface area (Å²) in [6, 6.07) is 0. The first kappa shape index (κ1) is 13.7. The molecule has 5 atom stereocenters. The summed E-state index contributed by atoms with van der Waals surface area (Å²) < 4.78 is 4.70. The molecule has 0 spiro atoms. The fraction of sp³-hybridized carbons (Fsp3) is 1.00. The van der Waals surface area contributed by atoms with Gasteiger partial charge in [0.1, 0.15) is 24.4 Å². The maximum Gasteiger partial charge on any atom is 0.184 e. The standard InChI is InChI=1S/C8H17NO7/c9-8(1-10,2-11)6(14)5-3(12)4(13)7(15)16-5/h3-7,10-15H,1-2,9H2/t3-,4-,5+,6+,7+/m1/s1. The SMILES string of the molecule is NC(CO)(CO)[C@@H](O)[C@H]1O[C@H](O)[C@H](O)[C@H]1O. The van der Waals surface area contributed by atoms with Gasteiger partial charge in [0.15, 0.2) is 6.29 Å². The average molecular weight is 239 g/mol. The smallest absolute Gasteiger partial charge is 0.184 e. The second kappa shape index (κ2) is 4.90. The van der Waals surface area contributed by atoms with E-state index in [0.29, 0.717) is 0 Å². The van der Waals surface area contributed by atoms with Crippen molar-refractivity contribution in [3.05, 3.63) is 0 Å². The van der Waals surface area contributed by atoms with Gasteiger partial charge in [-0.15, -0.1) is 0 Å². The van der Waals surface area contributed by atoms with Crippen LogP contribution in [0.25, 0.3) is 0 Å². The van der Waals surface area contributed by atoms with Crippen molar-refractivity contribution in [3.63, 3.8) is 0 Å². The van der Waals surface area contributed by atoms with Crippen LogP contribution in [0, 0.1) is 0 Å². The Labute approximate surface area is 91.5 Å². The summed E-state index contributed by atoms with van der Waals surface area (Å²) in [4.78, 5) is 0. The van der Waals surface area contributed by atoms with E-state index in [0.717, 1.165) is 0 Å². The van der Waals surface area contributed by atoms with Gasteiger partial charge in [0, 0.05) is 0 Å². The largest absolute Gasteiger partial charge is 0.394 e. The monoisotopic (exact) mass is 239 g/mol. The van der Waals surface area contributed by atoms with Gasteiger partial charge in [-0.1, -0.05) is 0 Å². The highest BCUT2D eigenvalue weighted by atomic mass is 16.6. The van der Waals surface area contributed by atoms with Crippen LogP contribution in [0.1, 0.15) is 0 Å². The minimum Gasteiger partial charge on any atom is -0.394 e. The summed E-state index contributed by atoms with van der Waals surface area (Å²) in [5, 5.41) is 55.3. The Kier molecular flexibility index (Phi) is 4.21. The molecule has 8 N–H and O–H groups in total. The molecule has 0 aromatic rings. The van der Waals surface area contributed by atoms with Gasteiger partial charge in [-0.05, 0) is 0 Å². The van der Waals surface area contributed by atoms with Crippen LogP contribution in [0.2, 0.25) is 0 Å². The van der Waals surface area contributed by atoms with Crippen LogP contribution >= 0.6 is 0 Å². The fourth-order valence-electron chi connectivity index (χ4n) is 1.51. The van der Waals surface area contributed by atoms with Crippen molar-refractivity contribution in [2.75, 3.05) is 13.2 Å². The van der Waals surface area contributed by atoms with E-state index in [1.807, 2.05) is 0 Å². The Morgan fingerprint density at radius 2 is 1.62 bits per heavy atom. The molecule has 8 nitrogen and oxygen atoms in total. The van der Waals surface area contributed by atoms with Crippen molar-refractivity contribution in [2.45, 2.75) is 36.2 Å². The number of hydrogen-bond donors (Lipinski definition) is 7. The van der Waals surface area contributed by atoms with Crippen molar-refractivity contribution in [3.8, 4) is 0 Å². The van der Waals surface area contributed by atoms with Gasteiger partial charge in [-0.25, -0.2) is 0 Å². The van der Waals surface area contributed by atoms with Crippen molar-refractivity contribution in [1.82, 2.24) is 0 Å². The van der Waals surface area contributed by atoms with Crippen LogP contribution < -0.4 is 5.73 Å². The Balaban J connectivity index is 2.78. The fourth-order valence-corrected chi connectivity index (χ4v) is 1.51. The van der Waals surface area contributed by atoms with Gasteiger partial charge in [0.05, 0.1) is 18.8 Å². The summed E-state index contributed by atoms with van der Waals surface area (Å²) in [5.74, 6) is 0. The van der Waals surface area contributed by atoms with E-state index < -0.39 is 49.5 Å². The van der Waals surface area contributed by atoms with E-state index in [1.165, 1.54) is 0 Å². The summed E-state index contributed by atoms with van der Waals surface area (Å²) in [6.45, 7) is -1.49. The van der Waals surface area contributed by atoms with E-state index in [1.54, 1.807) is 0 Å². The van der Waals surface area contributed by atoms with Crippen LogP contribution in [0.3, 0.4) is 0 Å². The van der Waals surface area contributed by atoms with Crippen LogP contribution in [-0.2, 0) is 4.74 Å². The molecule has 0 aromatic carbocycles. The van der Waals surface area contributed by atoms with E-state index in [4.69, 9.17) is 25.8 Å². The average Bonchev–Trinajstić information content (AvgIpc) is 2.55. The quantitative estimate of drug-likeness (QED) is 0.258. The first-order valence-corrected chi connectivity index (χ1v) is 4.75. The zero-order valence-corrected chi connectivity index (χ0v) is 8.47. The number of ether oxygens (including phenoxy) is 1. The topological polar surface area (TPSA) is 157 Å². The van der Waals surface area contributed by atoms with Gasteiger partial charge >= 0.3 is 0 Å². The molecule has 96 valence electrons. The highest BCUT2D eigenvalue weighted by molar-refractivity contribution is 5.01. The normalized spacial score (nSPS) is 37.7. The van der Waals surface area contributed by atoms with Gasteiger partial charge < -0.3 is 41.1 Å². The number of hydrogen-bond acceptors (Lipinski definition) is 8. The van der Waals surface area contributed by atoms with Crippen molar-refractivity contribution in [2.24, 2.45) is 5.73 Å². The molecule has 0 aromatic heterocycles. The van der Waals surface area contributed by atoms with Gasteiger partial charge in [0.2, 0.25) is 0 Å². The van der Waals surface area contributed by atoms with Crippen LogP contribution in [0.15, 0.2) is 0 Å². The molecule has 0 amide bonds. The first-order valence-electron chi connectivity index (χ1n) is 4.75. The number of aliphatic hydroxyl groups is 6. The molecular weight excluding hydrogens is 222 g/mol. The lowest BCUT2D eigenvalue weighted by molar-refractivity contribution is -0.161. The second-order valence-corrected chi connectivity index (χ2v) is 3.97. The van der Waals surface area contributed by atoms with Crippen LogP contribution in [-0.4, -0.2) is 80.1 Å². The summed E-state index contributed by atoms with van der Waals surface area (Å²) in [6.07, 6.45) is -7.78. The molecule has 8 heteroatoms. The van der Waals surface area contributed by atoms with Gasteiger partial charge in [0.25, 0.3) is 0 Å². The van der Waals surface area contributed by atoms with Crippen molar-refractivity contribution >= 4 is 0 Å². The Hall–Kier alpha value is -0.320. The van der Waals surface area contributed by atoms with Crippen molar-refractivity contribution < 1.29 is 35.4 Å². The molecule has 0 saturated carbocycles. The number of rotatable bonds is 4. The maximum absolute atomic E-state index is 9.72. The molecule has 1 fully saturated rings.